The summed E-state index contributed by atoms with van der Waals surface area (Å²) in [5.74, 6) is 0.636. The zero-order valence-electron chi connectivity index (χ0n) is 12.5. The molecule has 0 heterocycles. The van der Waals surface area contributed by atoms with Crippen LogP contribution in [0.3, 0.4) is 0 Å². The predicted octanol–water partition coefficient (Wildman–Crippen LogP) is 4.43. The molecule has 2 atom stereocenters. The molecule has 2 unspecified atom stereocenters. The van der Waals surface area contributed by atoms with Crippen molar-refractivity contribution >= 4 is 5.97 Å². The molecular weight excluding hydrogens is 212 g/mol. The van der Waals surface area contributed by atoms with Crippen molar-refractivity contribution in [3.63, 3.8) is 0 Å². The molecule has 102 valence electrons. The zero-order chi connectivity index (χ0) is 13.5. The van der Waals surface area contributed by atoms with Crippen molar-refractivity contribution in [2.75, 3.05) is 6.61 Å². The van der Waals surface area contributed by atoms with Crippen molar-refractivity contribution in [3.8, 4) is 0 Å². The molecular formula is C15H30O2. The normalized spacial score (nSPS) is 15.4. The Balaban J connectivity index is 3.73. The van der Waals surface area contributed by atoms with Crippen LogP contribution in [0.4, 0.5) is 0 Å². The molecule has 0 aliphatic rings. The van der Waals surface area contributed by atoms with Crippen LogP contribution in [0.15, 0.2) is 0 Å². The van der Waals surface area contributed by atoms with Crippen molar-refractivity contribution in [3.05, 3.63) is 0 Å². The van der Waals surface area contributed by atoms with Crippen LogP contribution in [0.5, 0.6) is 0 Å². The number of carbonyl (C=O) groups is 1. The van der Waals surface area contributed by atoms with Gasteiger partial charge in [-0.25, -0.2) is 0 Å². The predicted molar refractivity (Wildman–Crippen MR) is 72.9 cm³/mol. The Kier molecular flexibility index (Phi) is 7.49. The lowest BCUT2D eigenvalue weighted by atomic mass is 9.84. The Labute approximate surface area is 107 Å². The van der Waals surface area contributed by atoms with Gasteiger partial charge >= 0.3 is 5.97 Å². The minimum atomic E-state index is -0.0326. The standard InChI is InChI=1S/C15H30O2/c1-7-8-13(3)14(16)17-10-9-12(2)11-15(4,5)6/h12-13H,7-11H2,1-6H3. The summed E-state index contributed by atoms with van der Waals surface area (Å²) in [6.45, 7) is 13.6. The first-order valence-electron chi connectivity index (χ1n) is 6.93. The maximum atomic E-state index is 11.6. The van der Waals surface area contributed by atoms with Gasteiger partial charge in [0.15, 0.2) is 0 Å². The Morgan fingerprint density at radius 2 is 1.76 bits per heavy atom. The molecule has 0 fully saturated rings. The minimum Gasteiger partial charge on any atom is -0.465 e. The third kappa shape index (κ3) is 9.20. The van der Waals surface area contributed by atoms with E-state index in [9.17, 15) is 4.79 Å². The molecule has 2 nitrogen and oxygen atoms in total. The fourth-order valence-electron chi connectivity index (χ4n) is 2.20. The van der Waals surface area contributed by atoms with Crippen LogP contribution in [0.2, 0.25) is 0 Å². The van der Waals surface area contributed by atoms with E-state index < -0.39 is 0 Å². The lowest BCUT2D eigenvalue weighted by Gasteiger charge is -2.23. The molecule has 0 aromatic carbocycles. The lowest BCUT2D eigenvalue weighted by molar-refractivity contribution is -0.148. The monoisotopic (exact) mass is 242 g/mol. The largest absolute Gasteiger partial charge is 0.465 e. The third-order valence-electron chi connectivity index (χ3n) is 2.94. The van der Waals surface area contributed by atoms with Crippen LogP contribution in [-0.4, -0.2) is 12.6 Å². The zero-order valence-corrected chi connectivity index (χ0v) is 12.5. The van der Waals surface area contributed by atoms with Crippen molar-refractivity contribution in [2.45, 2.75) is 67.2 Å². The molecule has 0 rings (SSSR count). The molecule has 0 bridgehead atoms. The van der Waals surface area contributed by atoms with Crippen LogP contribution >= 0.6 is 0 Å². The summed E-state index contributed by atoms with van der Waals surface area (Å²) in [5, 5.41) is 0. The van der Waals surface area contributed by atoms with Gasteiger partial charge in [0.05, 0.1) is 12.5 Å². The van der Waals surface area contributed by atoms with Crippen molar-refractivity contribution < 1.29 is 9.53 Å². The number of rotatable bonds is 7. The van der Waals surface area contributed by atoms with Gasteiger partial charge in [0.2, 0.25) is 0 Å². The molecule has 17 heavy (non-hydrogen) atoms. The van der Waals surface area contributed by atoms with E-state index in [1.807, 2.05) is 6.92 Å². The van der Waals surface area contributed by atoms with E-state index in [0.29, 0.717) is 17.9 Å². The molecule has 0 amide bonds. The van der Waals surface area contributed by atoms with Crippen LogP contribution in [0, 0.1) is 17.3 Å². The first-order chi connectivity index (χ1) is 7.76. The van der Waals surface area contributed by atoms with Gasteiger partial charge in [-0.05, 0) is 30.6 Å². The highest BCUT2D eigenvalue weighted by molar-refractivity contribution is 5.71. The molecule has 0 saturated carbocycles. The molecule has 0 radical (unpaired) electrons. The highest BCUT2D eigenvalue weighted by Gasteiger charge is 2.17. The smallest absolute Gasteiger partial charge is 0.308 e. The second-order valence-corrected chi connectivity index (χ2v) is 6.52. The average Bonchev–Trinajstić information content (AvgIpc) is 2.14. The summed E-state index contributed by atoms with van der Waals surface area (Å²) in [7, 11) is 0. The SMILES string of the molecule is CCCC(C)C(=O)OCCC(C)CC(C)(C)C. The van der Waals surface area contributed by atoms with E-state index in [-0.39, 0.29) is 11.9 Å². The summed E-state index contributed by atoms with van der Waals surface area (Å²) >= 11 is 0. The number of carbonyl (C=O) groups excluding carboxylic acids is 1. The Hall–Kier alpha value is -0.530. The van der Waals surface area contributed by atoms with E-state index in [4.69, 9.17) is 4.74 Å². The van der Waals surface area contributed by atoms with Crippen molar-refractivity contribution in [1.82, 2.24) is 0 Å². The Morgan fingerprint density at radius 3 is 2.24 bits per heavy atom. The van der Waals surface area contributed by atoms with E-state index in [1.54, 1.807) is 0 Å². The van der Waals surface area contributed by atoms with E-state index in [1.165, 1.54) is 6.42 Å². The van der Waals surface area contributed by atoms with Gasteiger partial charge in [-0.3, -0.25) is 4.79 Å². The minimum absolute atomic E-state index is 0.0326. The summed E-state index contributed by atoms with van der Waals surface area (Å²) < 4.78 is 5.30. The average molecular weight is 242 g/mol. The van der Waals surface area contributed by atoms with E-state index >= 15 is 0 Å². The maximum Gasteiger partial charge on any atom is 0.308 e. The second kappa shape index (κ2) is 7.73. The molecule has 0 saturated heterocycles. The van der Waals surface area contributed by atoms with Gasteiger partial charge < -0.3 is 4.74 Å². The molecule has 0 aliphatic heterocycles. The number of ether oxygens (including phenoxy) is 1. The molecule has 2 heteroatoms. The van der Waals surface area contributed by atoms with Crippen LogP contribution in [0.25, 0.3) is 0 Å². The van der Waals surface area contributed by atoms with E-state index in [0.717, 1.165) is 19.3 Å². The van der Waals surface area contributed by atoms with Crippen LogP contribution < -0.4 is 0 Å². The first kappa shape index (κ1) is 16.5. The molecule has 0 aromatic heterocycles. The molecule has 0 N–H and O–H groups in total. The fraction of sp³-hybridized carbons (Fsp3) is 0.933. The number of hydrogen-bond acceptors (Lipinski definition) is 2. The summed E-state index contributed by atoms with van der Waals surface area (Å²) in [6, 6.07) is 0. The van der Waals surface area contributed by atoms with Gasteiger partial charge in [0.25, 0.3) is 0 Å². The van der Waals surface area contributed by atoms with Gasteiger partial charge in [-0.15, -0.1) is 0 Å². The summed E-state index contributed by atoms with van der Waals surface area (Å²) in [4.78, 5) is 11.6. The van der Waals surface area contributed by atoms with Crippen molar-refractivity contribution in [2.24, 2.45) is 17.3 Å². The molecule has 0 aromatic rings. The fourth-order valence-corrected chi connectivity index (χ4v) is 2.20. The lowest BCUT2D eigenvalue weighted by Crippen LogP contribution is -2.17. The number of esters is 1. The topological polar surface area (TPSA) is 26.3 Å². The Bertz CT molecular complexity index is 215. The number of hydrogen-bond donors (Lipinski definition) is 0. The highest BCUT2D eigenvalue weighted by atomic mass is 16.5. The summed E-state index contributed by atoms with van der Waals surface area (Å²) in [5.41, 5.74) is 0.360. The van der Waals surface area contributed by atoms with Gasteiger partial charge in [0.1, 0.15) is 0 Å². The van der Waals surface area contributed by atoms with E-state index in [2.05, 4.69) is 34.6 Å². The third-order valence-corrected chi connectivity index (χ3v) is 2.94. The van der Waals surface area contributed by atoms with Crippen LogP contribution in [0.1, 0.15) is 67.2 Å². The van der Waals surface area contributed by atoms with Crippen LogP contribution in [-0.2, 0) is 9.53 Å². The van der Waals surface area contributed by atoms with Gasteiger partial charge in [-0.1, -0.05) is 48.0 Å². The van der Waals surface area contributed by atoms with Gasteiger partial charge in [0, 0.05) is 0 Å². The second-order valence-electron chi connectivity index (χ2n) is 6.52. The maximum absolute atomic E-state index is 11.6. The molecule has 0 aliphatic carbocycles. The van der Waals surface area contributed by atoms with Gasteiger partial charge in [-0.2, -0.15) is 0 Å². The Morgan fingerprint density at radius 1 is 1.18 bits per heavy atom. The van der Waals surface area contributed by atoms with Crippen molar-refractivity contribution in [1.29, 1.82) is 0 Å². The summed E-state index contributed by atoms with van der Waals surface area (Å²) in [6.07, 6.45) is 4.12. The first-order valence-corrected chi connectivity index (χ1v) is 6.93. The molecule has 0 spiro atoms. The highest BCUT2D eigenvalue weighted by Crippen LogP contribution is 2.25. The quantitative estimate of drug-likeness (QED) is 0.617.